The average Bonchev–Trinajstić information content (AvgIpc) is 2.62. The molecule has 0 amide bonds. The predicted molar refractivity (Wildman–Crippen MR) is 95.7 cm³/mol. The Balaban J connectivity index is 2.15. The highest BCUT2D eigenvalue weighted by molar-refractivity contribution is 5.85. The lowest BCUT2D eigenvalue weighted by Crippen LogP contribution is -2.31. The molecule has 0 aliphatic carbocycles. The number of fused-ring (bicyclic) bond motifs is 1. The first kappa shape index (κ1) is 17.0. The summed E-state index contributed by atoms with van der Waals surface area (Å²) < 4.78 is 20.0. The van der Waals surface area contributed by atoms with E-state index < -0.39 is 11.8 Å². The molecule has 1 heterocycles. The number of nitrogens with zero attached hydrogens (tertiary/aromatic N) is 2. The van der Waals surface area contributed by atoms with Crippen LogP contribution < -0.4 is 9.64 Å². The highest BCUT2D eigenvalue weighted by Crippen LogP contribution is 2.44. The van der Waals surface area contributed by atoms with Gasteiger partial charge >= 0.3 is 0 Å². The summed E-state index contributed by atoms with van der Waals surface area (Å²) in [5.41, 5.74) is 2.14. The van der Waals surface area contributed by atoms with Crippen molar-refractivity contribution in [1.82, 2.24) is 0 Å². The lowest BCUT2D eigenvalue weighted by molar-refractivity contribution is 0.444. The molecule has 5 heteroatoms. The van der Waals surface area contributed by atoms with E-state index in [1.807, 2.05) is 18.2 Å². The standard InChI is InChI=1S/C20H20FN3O/c1-3-24(4-2)13-9-10-15-18(11-13)25-20(23)16(12-22)19(15)14-7-5-6-8-17(14)21/h5-11,16,19,23H,3-4H2,1-2H3. The summed E-state index contributed by atoms with van der Waals surface area (Å²) in [4.78, 5) is 2.17. The minimum Gasteiger partial charge on any atom is -0.442 e. The van der Waals surface area contributed by atoms with Gasteiger partial charge in [0.05, 0.1) is 6.07 Å². The van der Waals surface area contributed by atoms with Gasteiger partial charge in [0.25, 0.3) is 0 Å². The normalized spacial score (nSPS) is 18.9. The van der Waals surface area contributed by atoms with E-state index in [1.165, 1.54) is 6.07 Å². The van der Waals surface area contributed by atoms with E-state index in [1.54, 1.807) is 18.2 Å². The molecule has 4 nitrogen and oxygen atoms in total. The van der Waals surface area contributed by atoms with Crippen LogP contribution in [-0.4, -0.2) is 19.0 Å². The third-order valence-electron chi connectivity index (χ3n) is 4.68. The largest absolute Gasteiger partial charge is 0.442 e. The summed E-state index contributed by atoms with van der Waals surface area (Å²) in [5.74, 6) is -1.38. The summed E-state index contributed by atoms with van der Waals surface area (Å²) in [6, 6.07) is 14.2. The molecule has 3 rings (SSSR count). The minimum absolute atomic E-state index is 0.139. The number of hydrogen-bond acceptors (Lipinski definition) is 4. The van der Waals surface area contributed by atoms with Crippen LogP contribution in [0.4, 0.5) is 10.1 Å². The molecule has 2 aromatic rings. The predicted octanol–water partition coefficient (Wildman–Crippen LogP) is 4.31. The monoisotopic (exact) mass is 337 g/mol. The van der Waals surface area contributed by atoms with Gasteiger partial charge in [-0.1, -0.05) is 24.3 Å². The van der Waals surface area contributed by atoms with Crippen molar-refractivity contribution in [3.05, 3.63) is 59.4 Å². The third kappa shape index (κ3) is 2.96. The van der Waals surface area contributed by atoms with Gasteiger partial charge in [-0.05, 0) is 31.5 Å². The number of hydrogen-bond donors (Lipinski definition) is 1. The van der Waals surface area contributed by atoms with Crippen molar-refractivity contribution < 1.29 is 9.13 Å². The Morgan fingerprint density at radius 2 is 1.88 bits per heavy atom. The molecule has 25 heavy (non-hydrogen) atoms. The number of halogens is 1. The van der Waals surface area contributed by atoms with Crippen LogP contribution in [0.3, 0.4) is 0 Å². The number of nitriles is 1. The molecule has 0 bridgehead atoms. The minimum atomic E-state index is -0.844. The molecule has 0 saturated heterocycles. The lowest BCUT2D eigenvalue weighted by Gasteiger charge is -2.32. The van der Waals surface area contributed by atoms with Crippen LogP contribution >= 0.6 is 0 Å². The molecule has 0 saturated carbocycles. The molecule has 0 fully saturated rings. The zero-order valence-electron chi connectivity index (χ0n) is 14.3. The Morgan fingerprint density at radius 3 is 2.52 bits per heavy atom. The zero-order valence-corrected chi connectivity index (χ0v) is 14.3. The second kappa shape index (κ2) is 6.94. The Kier molecular flexibility index (Phi) is 4.71. The molecule has 0 radical (unpaired) electrons. The summed E-state index contributed by atoms with van der Waals surface area (Å²) in [5, 5.41) is 17.6. The third-order valence-corrected chi connectivity index (χ3v) is 4.68. The fourth-order valence-corrected chi connectivity index (χ4v) is 3.37. The number of anilines is 1. The molecule has 2 atom stereocenters. The molecular weight excluding hydrogens is 317 g/mol. The molecule has 0 aromatic heterocycles. The summed E-state index contributed by atoms with van der Waals surface area (Å²) in [7, 11) is 0. The molecule has 128 valence electrons. The quantitative estimate of drug-likeness (QED) is 0.904. The molecule has 2 unspecified atom stereocenters. The molecule has 1 aliphatic rings. The molecular formula is C20H20FN3O. The first-order chi connectivity index (χ1) is 12.1. The number of ether oxygens (including phenoxy) is 1. The van der Waals surface area contributed by atoms with E-state index >= 15 is 0 Å². The van der Waals surface area contributed by atoms with Crippen molar-refractivity contribution in [3.8, 4) is 11.8 Å². The second-order valence-electron chi connectivity index (χ2n) is 5.97. The van der Waals surface area contributed by atoms with Crippen LogP contribution in [0.1, 0.15) is 30.9 Å². The topological polar surface area (TPSA) is 60.1 Å². The molecule has 1 N–H and O–H groups in total. The van der Waals surface area contributed by atoms with Crippen molar-refractivity contribution in [1.29, 1.82) is 10.7 Å². The van der Waals surface area contributed by atoms with Crippen molar-refractivity contribution in [2.75, 3.05) is 18.0 Å². The van der Waals surface area contributed by atoms with E-state index in [9.17, 15) is 9.65 Å². The Bertz CT molecular complexity index is 839. The van der Waals surface area contributed by atoms with Gasteiger partial charge in [0.15, 0.2) is 0 Å². The van der Waals surface area contributed by atoms with Crippen molar-refractivity contribution in [3.63, 3.8) is 0 Å². The Hall–Kier alpha value is -2.87. The smallest absolute Gasteiger partial charge is 0.205 e. The lowest BCUT2D eigenvalue weighted by atomic mass is 9.79. The van der Waals surface area contributed by atoms with Gasteiger partial charge in [-0.15, -0.1) is 0 Å². The maximum Gasteiger partial charge on any atom is 0.205 e. The highest BCUT2D eigenvalue weighted by Gasteiger charge is 2.38. The van der Waals surface area contributed by atoms with Crippen molar-refractivity contribution in [2.45, 2.75) is 19.8 Å². The van der Waals surface area contributed by atoms with Crippen LogP contribution in [0.15, 0.2) is 42.5 Å². The van der Waals surface area contributed by atoms with Gasteiger partial charge < -0.3 is 9.64 Å². The van der Waals surface area contributed by atoms with Crippen LogP contribution in [0.25, 0.3) is 0 Å². The van der Waals surface area contributed by atoms with Gasteiger partial charge in [0.2, 0.25) is 5.90 Å². The zero-order chi connectivity index (χ0) is 18.0. The van der Waals surface area contributed by atoms with Gasteiger partial charge in [-0.3, -0.25) is 5.41 Å². The Morgan fingerprint density at radius 1 is 1.16 bits per heavy atom. The van der Waals surface area contributed by atoms with E-state index in [4.69, 9.17) is 10.1 Å². The first-order valence-electron chi connectivity index (χ1n) is 8.39. The highest BCUT2D eigenvalue weighted by atomic mass is 19.1. The summed E-state index contributed by atoms with van der Waals surface area (Å²) in [6.07, 6.45) is 0. The van der Waals surface area contributed by atoms with Crippen molar-refractivity contribution >= 4 is 11.6 Å². The second-order valence-corrected chi connectivity index (χ2v) is 5.97. The SMILES string of the molecule is CCN(CC)c1ccc2c(c1)OC(=N)C(C#N)C2c1ccccc1F. The van der Waals surface area contributed by atoms with E-state index in [-0.39, 0.29) is 11.7 Å². The van der Waals surface area contributed by atoms with Crippen LogP contribution in [-0.2, 0) is 0 Å². The molecule has 0 spiro atoms. The maximum absolute atomic E-state index is 14.4. The van der Waals surface area contributed by atoms with E-state index in [0.29, 0.717) is 11.3 Å². The fourth-order valence-electron chi connectivity index (χ4n) is 3.37. The van der Waals surface area contributed by atoms with Crippen LogP contribution in [0, 0.1) is 28.5 Å². The van der Waals surface area contributed by atoms with Gasteiger partial charge in [-0.2, -0.15) is 5.26 Å². The molecule has 2 aromatic carbocycles. The van der Waals surface area contributed by atoms with Crippen LogP contribution in [0.5, 0.6) is 5.75 Å². The van der Waals surface area contributed by atoms with Gasteiger partial charge in [0.1, 0.15) is 17.5 Å². The first-order valence-corrected chi connectivity index (χ1v) is 8.39. The van der Waals surface area contributed by atoms with Gasteiger partial charge in [0, 0.05) is 36.3 Å². The van der Waals surface area contributed by atoms with E-state index in [2.05, 4.69) is 24.8 Å². The summed E-state index contributed by atoms with van der Waals surface area (Å²) in [6.45, 7) is 5.84. The Labute approximate surface area is 147 Å². The fraction of sp³-hybridized carbons (Fsp3) is 0.300. The van der Waals surface area contributed by atoms with Gasteiger partial charge in [-0.25, -0.2) is 4.39 Å². The molecule has 1 aliphatic heterocycles. The van der Waals surface area contributed by atoms with Crippen molar-refractivity contribution in [2.24, 2.45) is 5.92 Å². The number of benzene rings is 2. The van der Waals surface area contributed by atoms with E-state index in [0.717, 1.165) is 24.3 Å². The summed E-state index contributed by atoms with van der Waals surface area (Å²) >= 11 is 0. The number of rotatable bonds is 4. The maximum atomic E-state index is 14.4. The van der Waals surface area contributed by atoms with Crippen LogP contribution in [0.2, 0.25) is 0 Å². The number of nitrogens with one attached hydrogen (secondary N) is 1. The average molecular weight is 337 g/mol.